The fraction of sp³-hybridized carbons (Fsp3) is 0.184. The van der Waals surface area contributed by atoms with Gasteiger partial charge in [-0.25, -0.2) is 8.78 Å². The Morgan fingerprint density at radius 1 is 0.519 bits per heavy atom. The fourth-order valence-electron chi connectivity index (χ4n) is 8.85. The highest BCUT2D eigenvalue weighted by atomic mass is 28.3. The third-order valence-corrected chi connectivity index (χ3v) is 14.5. The van der Waals surface area contributed by atoms with Crippen molar-refractivity contribution in [2.24, 2.45) is 0 Å². The minimum absolute atomic E-state index is 0.0228. The molecule has 0 amide bonds. The second kappa shape index (κ2) is 14.5. The van der Waals surface area contributed by atoms with E-state index in [-0.39, 0.29) is 23.5 Å². The van der Waals surface area contributed by atoms with E-state index >= 15 is 8.78 Å². The van der Waals surface area contributed by atoms with Gasteiger partial charge in [0.05, 0.1) is 8.80 Å². The Bertz CT molecular complexity index is 2100. The largest absolute Gasteiger partial charge is 0.206 e. The number of halogens is 2. The zero-order valence-corrected chi connectivity index (χ0v) is 31.0. The molecule has 0 spiro atoms. The van der Waals surface area contributed by atoms with Gasteiger partial charge < -0.3 is 0 Å². The van der Waals surface area contributed by atoms with Crippen LogP contribution < -0.4 is 0 Å². The minimum atomic E-state index is -1.10. The first kappa shape index (κ1) is 34.0. The van der Waals surface area contributed by atoms with Gasteiger partial charge in [0.25, 0.3) is 0 Å². The molecular weight excluding hydrogens is 655 g/mol. The van der Waals surface area contributed by atoms with E-state index in [0.717, 1.165) is 35.1 Å². The summed E-state index contributed by atoms with van der Waals surface area (Å²) in [5, 5.41) is 0. The average molecular weight is 698 g/mol. The number of rotatable bonds is 8. The first-order valence-corrected chi connectivity index (χ1v) is 20.7. The van der Waals surface area contributed by atoms with Crippen LogP contribution in [0, 0.1) is 11.6 Å². The molecule has 4 atom stereocenters. The molecule has 4 unspecified atom stereocenters. The third-order valence-electron chi connectivity index (χ3n) is 11.4. The Labute approximate surface area is 308 Å². The lowest BCUT2D eigenvalue weighted by molar-refractivity contribution is 0.628. The molecule has 0 heterocycles. The summed E-state index contributed by atoms with van der Waals surface area (Å²) in [6.45, 7) is 7.07. The molecule has 3 heteroatoms. The van der Waals surface area contributed by atoms with Crippen LogP contribution in [0.5, 0.6) is 0 Å². The maximum absolute atomic E-state index is 15.7. The number of hydrogen-bond donors (Lipinski definition) is 0. The highest BCUT2D eigenvalue weighted by molar-refractivity contribution is 6.64. The third kappa shape index (κ3) is 6.11. The first-order valence-electron chi connectivity index (χ1n) is 18.6. The van der Waals surface area contributed by atoms with Crippen LogP contribution in [0.1, 0.15) is 49.7 Å². The summed E-state index contributed by atoms with van der Waals surface area (Å²) in [5.74, 6) is -0.422. The van der Waals surface area contributed by atoms with Crippen LogP contribution in [0.15, 0.2) is 191 Å². The monoisotopic (exact) mass is 697 g/mol. The normalized spacial score (nSPS) is 22.0. The molecule has 8 rings (SSSR count). The van der Waals surface area contributed by atoms with Gasteiger partial charge in [-0.2, -0.15) is 0 Å². The van der Waals surface area contributed by atoms with E-state index in [1.165, 1.54) is 33.4 Å². The van der Waals surface area contributed by atoms with Gasteiger partial charge in [0.15, 0.2) is 0 Å². The van der Waals surface area contributed by atoms with Gasteiger partial charge in [0, 0.05) is 23.0 Å². The number of benzene rings is 4. The Balaban J connectivity index is 1.15. The molecule has 257 valence electrons. The van der Waals surface area contributed by atoms with E-state index in [1.54, 1.807) is 12.1 Å². The molecule has 52 heavy (non-hydrogen) atoms. The molecule has 0 saturated heterocycles. The Morgan fingerprint density at radius 2 is 0.942 bits per heavy atom. The predicted molar refractivity (Wildman–Crippen MR) is 216 cm³/mol. The second-order valence-corrected chi connectivity index (χ2v) is 16.9. The van der Waals surface area contributed by atoms with E-state index in [4.69, 9.17) is 0 Å². The van der Waals surface area contributed by atoms with Gasteiger partial charge in [0.2, 0.25) is 0 Å². The molecule has 1 radical (unpaired) electrons. The predicted octanol–water partition coefficient (Wildman–Crippen LogP) is 13.6. The maximum atomic E-state index is 15.7. The molecule has 0 bridgehead atoms. The van der Waals surface area contributed by atoms with Crippen molar-refractivity contribution in [2.45, 2.75) is 56.2 Å². The van der Waals surface area contributed by atoms with E-state index in [0.29, 0.717) is 22.2 Å². The standard InChI is InChI=1S/C49H43F2Si/c1-4-32-28-44-38(36-24-26-40(46(50)30-36)34-16-8-6-9-17-34)20-12-14-22-42(44)48(32)52(3)49-33(5-2)29-45-39(21-13-15-23-43(45)49)37-25-27-41(47(51)31-37)35-18-10-7-11-19-35/h6-31,38-39,48-49H,4-5H2,1-3H3. The van der Waals surface area contributed by atoms with Gasteiger partial charge >= 0.3 is 0 Å². The van der Waals surface area contributed by atoms with Crippen molar-refractivity contribution in [1.29, 1.82) is 0 Å². The van der Waals surface area contributed by atoms with Crippen molar-refractivity contribution in [3.05, 3.63) is 214 Å². The summed E-state index contributed by atoms with van der Waals surface area (Å²) in [6.07, 6.45) is 24.5. The van der Waals surface area contributed by atoms with Gasteiger partial charge in [0.1, 0.15) is 11.6 Å². The van der Waals surface area contributed by atoms with Crippen LogP contribution in [0.4, 0.5) is 8.78 Å². The van der Waals surface area contributed by atoms with E-state index in [9.17, 15) is 0 Å². The molecule has 4 aromatic rings. The van der Waals surface area contributed by atoms with Crippen molar-refractivity contribution >= 4 is 8.80 Å². The zero-order chi connectivity index (χ0) is 35.8. The second-order valence-electron chi connectivity index (χ2n) is 14.2. The van der Waals surface area contributed by atoms with Crippen LogP contribution in [0.2, 0.25) is 17.6 Å². The summed E-state index contributed by atoms with van der Waals surface area (Å²) < 4.78 is 31.5. The van der Waals surface area contributed by atoms with Crippen molar-refractivity contribution in [3.63, 3.8) is 0 Å². The van der Waals surface area contributed by atoms with Crippen LogP contribution >= 0.6 is 0 Å². The van der Waals surface area contributed by atoms with Gasteiger partial charge in [-0.1, -0.05) is 177 Å². The zero-order valence-electron chi connectivity index (χ0n) is 30.0. The molecule has 0 aliphatic heterocycles. The smallest absolute Gasteiger partial charge is 0.131 e. The van der Waals surface area contributed by atoms with E-state index in [1.807, 2.05) is 72.8 Å². The SMILES string of the molecule is CCC1=CC2=C(C=CC=CC2c2ccc(-c3ccccc3)c(F)c2)C1[Si](C)C1C(CC)=CC2=C1C=CC=CC2c1ccc(-c2ccccc2)c(F)c1. The number of allylic oxidation sites excluding steroid dienone is 16. The summed E-state index contributed by atoms with van der Waals surface area (Å²) >= 11 is 0. The van der Waals surface area contributed by atoms with Crippen LogP contribution in [0.25, 0.3) is 22.3 Å². The molecule has 4 aromatic carbocycles. The van der Waals surface area contributed by atoms with Crippen LogP contribution in [-0.4, -0.2) is 8.80 Å². The van der Waals surface area contributed by atoms with E-state index in [2.05, 4.69) is 93.3 Å². The van der Waals surface area contributed by atoms with Gasteiger partial charge in [-0.15, -0.1) is 0 Å². The van der Waals surface area contributed by atoms with Crippen LogP contribution in [0.3, 0.4) is 0 Å². The molecule has 0 saturated carbocycles. The number of hydrogen-bond acceptors (Lipinski definition) is 0. The Morgan fingerprint density at radius 3 is 1.33 bits per heavy atom. The summed E-state index contributed by atoms with van der Waals surface area (Å²) in [7, 11) is -1.10. The Hall–Kier alpha value is -5.12. The van der Waals surface area contributed by atoms with Gasteiger partial charge in [-0.3, -0.25) is 0 Å². The van der Waals surface area contributed by atoms with E-state index < -0.39 is 8.80 Å². The van der Waals surface area contributed by atoms with Gasteiger partial charge in [-0.05, 0) is 80.6 Å². The molecule has 0 fully saturated rings. The summed E-state index contributed by atoms with van der Waals surface area (Å²) in [5.41, 5.74) is 14.0. The summed E-state index contributed by atoms with van der Waals surface area (Å²) in [6, 6.07) is 31.1. The molecule has 4 aliphatic carbocycles. The summed E-state index contributed by atoms with van der Waals surface area (Å²) in [4.78, 5) is 0. The van der Waals surface area contributed by atoms with Crippen molar-refractivity contribution in [2.75, 3.05) is 0 Å². The molecule has 0 N–H and O–H groups in total. The minimum Gasteiger partial charge on any atom is -0.206 e. The lowest BCUT2D eigenvalue weighted by Gasteiger charge is -2.31. The average Bonchev–Trinajstić information content (AvgIpc) is 3.56. The molecule has 4 aliphatic rings. The maximum Gasteiger partial charge on any atom is 0.131 e. The van der Waals surface area contributed by atoms with Crippen molar-refractivity contribution in [1.82, 2.24) is 0 Å². The van der Waals surface area contributed by atoms with Crippen molar-refractivity contribution < 1.29 is 8.78 Å². The molecule has 0 aromatic heterocycles. The topological polar surface area (TPSA) is 0 Å². The molecule has 0 nitrogen and oxygen atoms in total. The lowest BCUT2D eigenvalue weighted by atomic mass is 9.88. The highest BCUT2D eigenvalue weighted by Crippen LogP contribution is 2.55. The lowest BCUT2D eigenvalue weighted by Crippen LogP contribution is -2.26. The Kier molecular flexibility index (Phi) is 9.47. The quantitative estimate of drug-likeness (QED) is 0.161. The fourth-order valence-corrected chi connectivity index (χ4v) is 12.4. The first-order chi connectivity index (χ1) is 25.5. The molecular formula is C49H43F2Si. The highest BCUT2D eigenvalue weighted by Gasteiger charge is 2.42. The van der Waals surface area contributed by atoms with Crippen LogP contribution in [-0.2, 0) is 0 Å². The van der Waals surface area contributed by atoms with Crippen molar-refractivity contribution in [3.8, 4) is 22.3 Å².